The van der Waals surface area contributed by atoms with Gasteiger partial charge < -0.3 is 43.5 Å². The Morgan fingerprint density at radius 3 is 2.00 bits per heavy atom. The quantitative estimate of drug-likeness (QED) is 0.0584. The number of piperidine rings is 2. The molecule has 22 nitrogen and oxygen atoms in total. The largest absolute Gasteiger partial charge is 0.496 e. The van der Waals surface area contributed by atoms with E-state index in [2.05, 4.69) is 48.6 Å². The maximum atomic E-state index is 13.2. The molecule has 1 unspecified atom stereocenters. The van der Waals surface area contributed by atoms with E-state index in [1.807, 2.05) is 11.0 Å². The van der Waals surface area contributed by atoms with Crippen molar-refractivity contribution in [3.05, 3.63) is 101 Å². The number of sulfone groups is 1. The second-order valence-corrected chi connectivity index (χ2v) is 22.4. The Balaban J connectivity index is 0.618. The third-order valence-corrected chi connectivity index (χ3v) is 16.8. The van der Waals surface area contributed by atoms with Crippen molar-refractivity contribution in [3.63, 3.8) is 0 Å². The average Bonchev–Trinajstić information content (AvgIpc) is 4.00. The van der Waals surface area contributed by atoms with E-state index in [0.717, 1.165) is 60.9 Å². The van der Waals surface area contributed by atoms with Crippen molar-refractivity contribution >= 4 is 50.7 Å². The van der Waals surface area contributed by atoms with Crippen molar-refractivity contribution in [2.24, 2.45) is 0 Å². The lowest BCUT2D eigenvalue weighted by atomic mass is 10.0. The molecular weight excluding hydrogens is 1040 g/mol. The Bertz CT molecular complexity index is 2860. The van der Waals surface area contributed by atoms with E-state index >= 15 is 0 Å². The zero-order valence-corrected chi connectivity index (χ0v) is 46.2. The Morgan fingerprint density at radius 1 is 0.722 bits per heavy atom. The zero-order chi connectivity index (χ0) is 55.7. The lowest BCUT2D eigenvalue weighted by Gasteiger charge is -2.43. The van der Waals surface area contributed by atoms with E-state index in [9.17, 15) is 32.4 Å². The first-order valence-corrected chi connectivity index (χ1v) is 28.8. The monoisotopic (exact) mass is 1110 g/mol. The second-order valence-electron chi connectivity index (χ2n) is 19.9. The molecule has 0 aliphatic carbocycles. The molecule has 4 aromatic rings. The molecule has 5 heterocycles. The molecule has 3 fully saturated rings. The normalized spacial score (nSPS) is 17.4. The Hall–Kier alpha value is -6.47. The highest BCUT2D eigenvalue weighted by atomic mass is 32.2. The number of ether oxygens (including phenoxy) is 6. The van der Waals surface area contributed by atoms with Crippen molar-refractivity contribution in [2.45, 2.75) is 81.0 Å². The summed E-state index contributed by atoms with van der Waals surface area (Å²) >= 11 is 0. The molecule has 0 saturated carbocycles. The maximum Gasteiger partial charge on any atom is 0.264 e. The van der Waals surface area contributed by atoms with Crippen LogP contribution in [0.1, 0.15) is 89.4 Å². The number of imide groups is 2. The van der Waals surface area contributed by atoms with Gasteiger partial charge in [0, 0.05) is 94.1 Å². The Kier molecular flexibility index (Phi) is 21.2. The van der Waals surface area contributed by atoms with Crippen LogP contribution in [0.3, 0.4) is 0 Å². The first-order valence-electron chi connectivity index (χ1n) is 27.2. The number of rotatable bonds is 29. The fourth-order valence-corrected chi connectivity index (χ4v) is 11.5. The molecule has 0 spiro atoms. The number of nitrogens with zero attached hydrogens (tertiary/aromatic N) is 7. The number of anilines is 2. The molecule has 1 aromatic heterocycles. The Labute approximate surface area is 461 Å². The summed E-state index contributed by atoms with van der Waals surface area (Å²) < 4.78 is 60.0. The topological polar surface area (TPSA) is 251 Å². The number of carbonyl (C=O) groups excluding carboxylic acids is 5. The number of carbonyl (C=O) groups is 5. The van der Waals surface area contributed by atoms with E-state index in [1.165, 1.54) is 6.33 Å². The van der Waals surface area contributed by atoms with Gasteiger partial charge in [0.1, 0.15) is 29.8 Å². The van der Waals surface area contributed by atoms with Crippen molar-refractivity contribution < 1.29 is 60.8 Å². The van der Waals surface area contributed by atoms with Crippen LogP contribution in [0.2, 0.25) is 0 Å². The molecule has 79 heavy (non-hydrogen) atoms. The maximum absolute atomic E-state index is 13.2. The molecule has 1 atom stereocenters. The fourth-order valence-electron chi connectivity index (χ4n) is 10.2. The highest BCUT2D eigenvalue weighted by Gasteiger charge is 2.45. The number of methoxy groups -OCH3 is 1. The molecule has 4 aliphatic heterocycles. The smallest absolute Gasteiger partial charge is 0.264 e. The van der Waals surface area contributed by atoms with Gasteiger partial charge in [0.05, 0.1) is 101 Å². The standard InChI is InChI=1S/C56H73N9O13S/c1-39(2)79(71,72)48-10-5-4-7-41(48)36-50-59-38-58-49(60-50)35-40-11-12-43(37-47(40)73-3)62-19-15-42(16-20-62)63-21-23-64(24-22-63)52(67)17-25-74-27-29-76-31-33-78-34-32-77-30-28-75-26-18-57-45-9-6-8-44-53(45)56(70)65(55(44)69)46-13-14-51(66)61-54(46)68/h4-12,37-39,42,46,57H,13-36H2,1-3H3,(H,61,66,68). The van der Waals surface area contributed by atoms with Crippen LogP contribution in [-0.4, -0.2) is 204 Å². The van der Waals surface area contributed by atoms with E-state index in [0.29, 0.717) is 132 Å². The van der Waals surface area contributed by atoms with Crippen molar-refractivity contribution in [3.8, 4) is 5.75 Å². The van der Waals surface area contributed by atoms with E-state index in [4.69, 9.17) is 33.4 Å². The van der Waals surface area contributed by atoms with E-state index in [-0.39, 0.29) is 36.3 Å². The third kappa shape index (κ3) is 15.5. The lowest BCUT2D eigenvalue weighted by molar-refractivity contribution is -0.136. The molecule has 4 aliphatic rings. The first-order chi connectivity index (χ1) is 38.3. The summed E-state index contributed by atoms with van der Waals surface area (Å²) in [5.41, 5.74) is 3.58. The second kappa shape index (κ2) is 28.6. The molecule has 2 N–H and O–H groups in total. The summed E-state index contributed by atoms with van der Waals surface area (Å²) in [4.78, 5) is 84.8. The lowest BCUT2D eigenvalue weighted by Crippen LogP contribution is -2.54. The zero-order valence-electron chi connectivity index (χ0n) is 45.4. The third-order valence-electron chi connectivity index (χ3n) is 14.5. The summed E-state index contributed by atoms with van der Waals surface area (Å²) in [6, 6.07) is 17.6. The SMILES string of the molecule is COc1cc(N2CCC(N3CCN(C(=O)CCOCCOCCOCCOCCOCCNc4cccc5c4C(=O)N(C4CCC(=O)NC4=O)C5=O)CC3)CC2)ccc1Cc1ncnc(Cc2ccccc2S(=O)(=O)C(C)C)n1. The van der Waals surface area contributed by atoms with Crippen LogP contribution < -0.4 is 20.3 Å². The number of hydrogen-bond acceptors (Lipinski definition) is 19. The molecule has 0 radical (unpaired) electrons. The summed E-state index contributed by atoms with van der Waals surface area (Å²) in [6.45, 7) is 12.5. The van der Waals surface area contributed by atoms with Gasteiger partial charge in [0.25, 0.3) is 11.8 Å². The summed E-state index contributed by atoms with van der Waals surface area (Å²) in [7, 11) is -1.80. The highest BCUT2D eigenvalue weighted by molar-refractivity contribution is 7.92. The van der Waals surface area contributed by atoms with Crippen molar-refractivity contribution in [2.75, 3.05) is 129 Å². The minimum Gasteiger partial charge on any atom is -0.496 e. The van der Waals surface area contributed by atoms with Gasteiger partial charge in [-0.3, -0.25) is 39.1 Å². The van der Waals surface area contributed by atoms with Gasteiger partial charge in [-0.05, 0) is 62.9 Å². The number of piperazine rings is 1. The average molecular weight is 1110 g/mol. The predicted octanol–water partition coefficient (Wildman–Crippen LogP) is 3.34. The number of nitrogens with one attached hydrogen (secondary N) is 2. The Morgan fingerprint density at radius 2 is 1.35 bits per heavy atom. The van der Waals surface area contributed by atoms with Crippen LogP contribution in [-0.2, 0) is 60.7 Å². The van der Waals surface area contributed by atoms with Crippen LogP contribution in [0, 0.1) is 0 Å². The van der Waals surface area contributed by atoms with Crippen LogP contribution in [0.25, 0.3) is 0 Å². The number of aromatic nitrogens is 3. The molecule has 5 amide bonds. The fraction of sp³-hybridized carbons (Fsp3) is 0.536. The molecule has 3 saturated heterocycles. The number of hydrogen-bond donors (Lipinski definition) is 2. The van der Waals surface area contributed by atoms with Crippen molar-refractivity contribution in [1.82, 2.24) is 35.0 Å². The minimum atomic E-state index is -3.47. The van der Waals surface area contributed by atoms with Gasteiger partial charge in [-0.25, -0.2) is 23.4 Å². The summed E-state index contributed by atoms with van der Waals surface area (Å²) in [5, 5.41) is 4.80. The predicted molar refractivity (Wildman–Crippen MR) is 291 cm³/mol. The van der Waals surface area contributed by atoms with Gasteiger partial charge in [-0.15, -0.1) is 0 Å². The van der Waals surface area contributed by atoms with E-state index in [1.54, 1.807) is 57.4 Å². The summed E-state index contributed by atoms with van der Waals surface area (Å²) in [5.74, 6) is -0.265. The number of benzene rings is 3. The van der Waals surface area contributed by atoms with Crippen molar-refractivity contribution in [1.29, 1.82) is 0 Å². The molecule has 426 valence electrons. The van der Waals surface area contributed by atoms with Gasteiger partial charge in [0.15, 0.2) is 9.84 Å². The molecule has 0 bridgehead atoms. The first kappa shape index (κ1) is 58.7. The van der Waals surface area contributed by atoms with Crippen LogP contribution in [0.4, 0.5) is 11.4 Å². The van der Waals surface area contributed by atoms with Gasteiger partial charge in [-0.1, -0.05) is 30.3 Å². The number of fused-ring (bicyclic) bond motifs is 1. The minimum absolute atomic E-state index is 0.0558. The molecule has 23 heteroatoms. The van der Waals surface area contributed by atoms with Crippen LogP contribution >= 0.6 is 0 Å². The van der Waals surface area contributed by atoms with Gasteiger partial charge in [0.2, 0.25) is 17.7 Å². The molecule has 8 rings (SSSR count). The highest BCUT2D eigenvalue weighted by Crippen LogP contribution is 2.33. The molecule has 3 aromatic carbocycles. The molecular formula is C56H73N9O13S. The van der Waals surface area contributed by atoms with Crippen LogP contribution in [0.15, 0.2) is 71.9 Å². The van der Waals surface area contributed by atoms with Crippen LogP contribution in [0.5, 0.6) is 5.75 Å². The number of amides is 5. The summed E-state index contributed by atoms with van der Waals surface area (Å²) in [6.07, 6.45) is 4.72. The van der Waals surface area contributed by atoms with Gasteiger partial charge >= 0.3 is 0 Å². The van der Waals surface area contributed by atoms with E-state index < -0.39 is 44.8 Å². The van der Waals surface area contributed by atoms with Gasteiger partial charge in [-0.2, -0.15) is 0 Å².